The number of hydrogen-bond donors (Lipinski definition) is 3. The zero-order valence-corrected chi connectivity index (χ0v) is 10.3. The van der Waals surface area contributed by atoms with E-state index in [1.165, 1.54) is 0 Å². The lowest BCUT2D eigenvalue weighted by atomic mass is 9.83. The zero-order valence-electron chi connectivity index (χ0n) is 10.3. The number of carbonyl (C=O) groups is 3. The van der Waals surface area contributed by atoms with Gasteiger partial charge in [0.2, 0.25) is 5.91 Å². The largest absolute Gasteiger partial charge is 0.481 e. The monoisotopic (exact) mass is 256 g/mol. The third-order valence-corrected chi connectivity index (χ3v) is 3.38. The fourth-order valence-corrected chi connectivity index (χ4v) is 2.19. The molecule has 4 N–H and O–H groups in total. The highest BCUT2D eigenvalue weighted by atomic mass is 16.4. The lowest BCUT2D eigenvalue weighted by Crippen LogP contribution is -2.43. The first-order chi connectivity index (χ1) is 8.52. The van der Waals surface area contributed by atoms with Crippen molar-refractivity contribution in [3.8, 4) is 0 Å². The molecule has 0 aromatic heterocycles. The molecular weight excluding hydrogens is 236 g/mol. The fraction of sp³-hybridized carbons (Fsp3) is 0.750. The van der Waals surface area contributed by atoms with Crippen molar-refractivity contribution in [3.63, 3.8) is 0 Å². The van der Waals surface area contributed by atoms with Crippen LogP contribution in [0.5, 0.6) is 0 Å². The van der Waals surface area contributed by atoms with Gasteiger partial charge in [-0.25, -0.2) is 0 Å². The molecule has 0 aromatic rings. The molecule has 1 unspecified atom stereocenters. The molecule has 1 aliphatic rings. The van der Waals surface area contributed by atoms with Crippen LogP contribution in [0.25, 0.3) is 0 Å². The third kappa shape index (κ3) is 4.83. The predicted octanol–water partition coefficient (Wildman–Crippen LogP) is -0.0901. The van der Waals surface area contributed by atoms with E-state index >= 15 is 0 Å². The first-order valence-electron chi connectivity index (χ1n) is 6.23. The highest BCUT2D eigenvalue weighted by Crippen LogP contribution is 2.26. The fourth-order valence-electron chi connectivity index (χ4n) is 2.19. The Labute approximate surface area is 106 Å². The van der Waals surface area contributed by atoms with Crippen molar-refractivity contribution < 1.29 is 19.5 Å². The number of carboxylic acid groups (broad SMARTS) is 1. The molecule has 1 rings (SSSR count). The molecule has 1 atom stereocenters. The summed E-state index contributed by atoms with van der Waals surface area (Å²) in [5.74, 6) is -0.979. The molecule has 0 aliphatic heterocycles. The van der Waals surface area contributed by atoms with E-state index < -0.39 is 17.9 Å². The average molecular weight is 256 g/mol. The van der Waals surface area contributed by atoms with Crippen molar-refractivity contribution in [1.82, 2.24) is 5.32 Å². The van der Waals surface area contributed by atoms with E-state index in [1.807, 2.05) is 0 Å². The minimum absolute atomic E-state index is 0.159. The number of carbonyl (C=O) groups excluding carboxylic acids is 2. The predicted molar refractivity (Wildman–Crippen MR) is 64.7 cm³/mol. The number of aldehydes is 1. The summed E-state index contributed by atoms with van der Waals surface area (Å²) in [6.45, 7) is 0.512. The maximum atomic E-state index is 11.5. The van der Waals surface area contributed by atoms with Gasteiger partial charge in [-0.05, 0) is 31.6 Å². The molecule has 0 saturated heterocycles. The van der Waals surface area contributed by atoms with Gasteiger partial charge in [-0.15, -0.1) is 0 Å². The number of nitrogens with one attached hydrogen (secondary N) is 1. The van der Waals surface area contributed by atoms with Crippen molar-refractivity contribution in [3.05, 3.63) is 0 Å². The quantitative estimate of drug-likeness (QED) is 0.575. The SMILES string of the molecule is NC(CC(=O)O)C(=O)NCC1CCC(C=O)CC1. The molecule has 0 radical (unpaired) electrons. The molecule has 102 valence electrons. The van der Waals surface area contributed by atoms with Crippen molar-refractivity contribution >= 4 is 18.2 Å². The highest BCUT2D eigenvalue weighted by Gasteiger charge is 2.22. The summed E-state index contributed by atoms with van der Waals surface area (Å²) in [7, 11) is 0. The van der Waals surface area contributed by atoms with E-state index in [4.69, 9.17) is 10.8 Å². The van der Waals surface area contributed by atoms with Crippen LogP contribution in [0.4, 0.5) is 0 Å². The number of amides is 1. The summed E-state index contributed by atoms with van der Waals surface area (Å²) in [6, 6.07) is -0.992. The Balaban J connectivity index is 2.22. The van der Waals surface area contributed by atoms with E-state index in [1.54, 1.807) is 0 Å². The van der Waals surface area contributed by atoms with Gasteiger partial charge >= 0.3 is 5.97 Å². The van der Waals surface area contributed by atoms with Crippen LogP contribution in [0.1, 0.15) is 32.1 Å². The van der Waals surface area contributed by atoms with Gasteiger partial charge in [-0.3, -0.25) is 9.59 Å². The van der Waals surface area contributed by atoms with Gasteiger partial charge in [0, 0.05) is 12.5 Å². The number of aliphatic carboxylic acids is 1. The van der Waals surface area contributed by atoms with Crippen LogP contribution in [0.15, 0.2) is 0 Å². The summed E-state index contributed by atoms with van der Waals surface area (Å²) in [5, 5.41) is 11.2. The molecule has 18 heavy (non-hydrogen) atoms. The lowest BCUT2D eigenvalue weighted by Gasteiger charge is -2.25. The van der Waals surface area contributed by atoms with Gasteiger partial charge in [0.1, 0.15) is 6.29 Å². The van der Waals surface area contributed by atoms with E-state index in [9.17, 15) is 14.4 Å². The number of nitrogens with two attached hydrogens (primary N) is 1. The molecule has 0 spiro atoms. The second kappa shape index (κ2) is 7.10. The second-order valence-electron chi connectivity index (χ2n) is 4.87. The summed E-state index contributed by atoms with van der Waals surface area (Å²) in [6.07, 6.45) is 4.20. The van der Waals surface area contributed by atoms with Crippen molar-refractivity contribution in [2.45, 2.75) is 38.1 Å². The second-order valence-corrected chi connectivity index (χ2v) is 4.87. The topological polar surface area (TPSA) is 109 Å². The molecule has 6 nitrogen and oxygen atoms in total. The van der Waals surface area contributed by atoms with E-state index in [0.717, 1.165) is 32.0 Å². The minimum atomic E-state index is -1.08. The maximum Gasteiger partial charge on any atom is 0.305 e. The molecule has 1 saturated carbocycles. The first kappa shape index (κ1) is 14.6. The van der Waals surface area contributed by atoms with Crippen LogP contribution >= 0.6 is 0 Å². The summed E-state index contributed by atoms with van der Waals surface area (Å²) < 4.78 is 0. The Morgan fingerprint density at radius 1 is 1.33 bits per heavy atom. The molecular formula is C12H20N2O4. The highest BCUT2D eigenvalue weighted by molar-refractivity contribution is 5.85. The lowest BCUT2D eigenvalue weighted by molar-refractivity contribution is -0.139. The molecule has 1 amide bonds. The zero-order chi connectivity index (χ0) is 13.5. The van der Waals surface area contributed by atoms with Gasteiger partial charge in [-0.2, -0.15) is 0 Å². The number of rotatable bonds is 6. The Hall–Kier alpha value is -1.43. The molecule has 6 heteroatoms. The van der Waals surface area contributed by atoms with Gasteiger partial charge in [0.05, 0.1) is 12.5 Å². The van der Waals surface area contributed by atoms with Crippen molar-refractivity contribution in [2.24, 2.45) is 17.6 Å². The number of hydrogen-bond acceptors (Lipinski definition) is 4. The Kier molecular flexibility index (Phi) is 5.77. The molecule has 1 fully saturated rings. The van der Waals surface area contributed by atoms with Crippen LogP contribution < -0.4 is 11.1 Å². The standard InChI is InChI=1S/C12H20N2O4/c13-10(5-11(16)17)12(18)14-6-8-1-3-9(7-15)4-2-8/h7-10H,1-6,13H2,(H,14,18)(H,16,17). The van der Waals surface area contributed by atoms with Crippen molar-refractivity contribution in [2.75, 3.05) is 6.54 Å². The Bertz CT molecular complexity index is 311. The minimum Gasteiger partial charge on any atom is -0.481 e. The molecule has 1 aliphatic carbocycles. The summed E-state index contributed by atoms with van der Waals surface area (Å²) in [4.78, 5) is 32.5. The molecule has 0 heterocycles. The number of carboxylic acids is 1. The van der Waals surface area contributed by atoms with Crippen molar-refractivity contribution in [1.29, 1.82) is 0 Å². The van der Waals surface area contributed by atoms with E-state index in [-0.39, 0.29) is 12.3 Å². The molecule has 0 bridgehead atoms. The smallest absolute Gasteiger partial charge is 0.305 e. The van der Waals surface area contributed by atoms with Gasteiger partial charge < -0.3 is 21.0 Å². The molecule has 0 aromatic carbocycles. The van der Waals surface area contributed by atoms with Crippen LogP contribution in [-0.2, 0) is 14.4 Å². The van der Waals surface area contributed by atoms with Gasteiger partial charge in [0.15, 0.2) is 0 Å². The third-order valence-electron chi connectivity index (χ3n) is 3.38. The van der Waals surface area contributed by atoms with E-state index in [0.29, 0.717) is 12.5 Å². The van der Waals surface area contributed by atoms with Crippen LogP contribution in [-0.4, -0.2) is 35.9 Å². The first-order valence-corrected chi connectivity index (χ1v) is 6.23. The van der Waals surface area contributed by atoms with Crippen LogP contribution in [0.3, 0.4) is 0 Å². The van der Waals surface area contributed by atoms with Crippen LogP contribution in [0.2, 0.25) is 0 Å². The Morgan fingerprint density at radius 2 is 1.94 bits per heavy atom. The van der Waals surface area contributed by atoms with E-state index in [2.05, 4.69) is 5.32 Å². The normalized spacial score (nSPS) is 25.2. The van der Waals surface area contributed by atoms with Crippen LogP contribution in [0, 0.1) is 11.8 Å². The van der Waals surface area contributed by atoms with Gasteiger partial charge in [-0.1, -0.05) is 0 Å². The summed E-state index contributed by atoms with van der Waals surface area (Å²) >= 11 is 0. The average Bonchev–Trinajstić information content (AvgIpc) is 2.35. The Morgan fingerprint density at radius 3 is 2.44 bits per heavy atom. The maximum absolute atomic E-state index is 11.5. The summed E-state index contributed by atoms with van der Waals surface area (Å²) in [5.41, 5.74) is 5.44. The van der Waals surface area contributed by atoms with Gasteiger partial charge in [0.25, 0.3) is 0 Å².